The fraction of sp³-hybridized carbons (Fsp3) is 0.250. The molecule has 0 aliphatic carbocycles. The summed E-state index contributed by atoms with van der Waals surface area (Å²) in [5, 5.41) is 0.947. The topological polar surface area (TPSA) is 98.8 Å². The van der Waals surface area contributed by atoms with Gasteiger partial charge in [0.15, 0.2) is 11.5 Å². The van der Waals surface area contributed by atoms with E-state index in [1.54, 1.807) is 6.07 Å². The highest BCUT2D eigenvalue weighted by Gasteiger charge is 2.24. The van der Waals surface area contributed by atoms with Crippen molar-refractivity contribution in [3.05, 3.63) is 29.3 Å². The molecule has 7 nitrogen and oxygen atoms in total. The molecule has 9 heteroatoms. The van der Waals surface area contributed by atoms with Gasteiger partial charge in [0.25, 0.3) is 0 Å². The maximum atomic E-state index is 12.7. The smallest absolute Gasteiger partial charge is 0.241 e. The molecule has 0 aliphatic rings. The molecule has 1 atom stereocenters. The van der Waals surface area contributed by atoms with Crippen molar-refractivity contribution in [1.29, 1.82) is 0 Å². The van der Waals surface area contributed by atoms with Crippen LogP contribution in [0.1, 0.15) is 6.42 Å². The molecular formula is C16H16ClNO6S. The number of aldehydes is 2. The molecule has 0 heterocycles. The van der Waals surface area contributed by atoms with Crippen LogP contribution in [0.15, 0.2) is 29.2 Å². The van der Waals surface area contributed by atoms with Crippen LogP contribution in [0, 0.1) is 0 Å². The summed E-state index contributed by atoms with van der Waals surface area (Å²) in [6, 6.07) is 4.87. The van der Waals surface area contributed by atoms with Crippen LogP contribution in [-0.2, 0) is 19.6 Å². The van der Waals surface area contributed by atoms with Crippen LogP contribution in [0.4, 0.5) is 0 Å². The zero-order valence-corrected chi connectivity index (χ0v) is 15.1. The minimum absolute atomic E-state index is 0.0920. The summed E-state index contributed by atoms with van der Waals surface area (Å²) < 4.78 is 37.9. The number of benzene rings is 2. The first-order valence-corrected chi connectivity index (χ1v) is 9.00. The largest absolute Gasteiger partial charge is 0.493 e. The molecule has 0 aliphatic heterocycles. The molecule has 0 aromatic heterocycles. The summed E-state index contributed by atoms with van der Waals surface area (Å²) in [5.74, 6) is 0.549. The van der Waals surface area contributed by atoms with E-state index in [2.05, 4.69) is 4.72 Å². The molecular weight excluding hydrogens is 370 g/mol. The van der Waals surface area contributed by atoms with Crippen LogP contribution in [0.3, 0.4) is 0 Å². The second-order valence-corrected chi connectivity index (χ2v) is 7.10. The first-order valence-electron chi connectivity index (χ1n) is 7.14. The number of fused-ring (bicyclic) bond motifs is 1. The molecule has 2 aromatic carbocycles. The van der Waals surface area contributed by atoms with Gasteiger partial charge in [-0.05, 0) is 12.1 Å². The highest BCUT2D eigenvalue weighted by molar-refractivity contribution is 7.89. The Bertz CT molecular complexity index is 912. The van der Waals surface area contributed by atoms with E-state index < -0.39 is 16.1 Å². The lowest BCUT2D eigenvalue weighted by atomic mass is 10.1. The minimum Gasteiger partial charge on any atom is -0.493 e. The highest BCUT2D eigenvalue weighted by Crippen LogP contribution is 2.42. The Balaban J connectivity index is 2.68. The molecule has 0 saturated heterocycles. The molecule has 0 saturated carbocycles. The Morgan fingerprint density at radius 1 is 1.20 bits per heavy atom. The van der Waals surface area contributed by atoms with Gasteiger partial charge in [0.05, 0.1) is 30.2 Å². The van der Waals surface area contributed by atoms with Crippen molar-refractivity contribution in [3.8, 4) is 11.5 Å². The number of sulfonamides is 1. The van der Waals surface area contributed by atoms with Crippen molar-refractivity contribution in [3.63, 3.8) is 0 Å². The summed E-state index contributed by atoms with van der Waals surface area (Å²) in [5.41, 5.74) is 0. The van der Waals surface area contributed by atoms with Crippen LogP contribution in [0.5, 0.6) is 11.5 Å². The number of halogens is 1. The number of hydrogen-bond acceptors (Lipinski definition) is 6. The van der Waals surface area contributed by atoms with Gasteiger partial charge in [-0.15, -0.1) is 0 Å². The van der Waals surface area contributed by atoms with Crippen molar-refractivity contribution >= 4 is 45.0 Å². The SMILES string of the molecule is COc1cc2c(S(=O)(=O)N[C@H](C=O)CC=O)cccc2c(Cl)c1OC. The van der Waals surface area contributed by atoms with Crippen molar-refractivity contribution in [1.82, 2.24) is 4.72 Å². The van der Waals surface area contributed by atoms with E-state index in [1.165, 1.54) is 32.4 Å². The van der Waals surface area contributed by atoms with Gasteiger partial charge >= 0.3 is 0 Å². The molecule has 25 heavy (non-hydrogen) atoms. The maximum Gasteiger partial charge on any atom is 0.241 e. The van der Waals surface area contributed by atoms with Gasteiger partial charge in [-0.1, -0.05) is 23.7 Å². The van der Waals surface area contributed by atoms with Crippen LogP contribution >= 0.6 is 11.6 Å². The van der Waals surface area contributed by atoms with Crippen LogP contribution in [0.25, 0.3) is 10.8 Å². The lowest BCUT2D eigenvalue weighted by molar-refractivity contribution is -0.113. The van der Waals surface area contributed by atoms with Crippen LogP contribution in [-0.4, -0.2) is 41.3 Å². The molecule has 0 amide bonds. The number of rotatable bonds is 8. The summed E-state index contributed by atoms with van der Waals surface area (Å²) >= 11 is 6.31. The Labute approximate surface area is 149 Å². The van der Waals surface area contributed by atoms with E-state index in [0.29, 0.717) is 23.3 Å². The fourth-order valence-electron chi connectivity index (χ4n) is 2.39. The third-order valence-electron chi connectivity index (χ3n) is 3.54. The third-order valence-corrected chi connectivity index (χ3v) is 5.46. The number of nitrogens with one attached hydrogen (secondary N) is 1. The third kappa shape index (κ3) is 3.76. The highest BCUT2D eigenvalue weighted by atomic mass is 35.5. The van der Waals surface area contributed by atoms with Crippen molar-refractivity contribution in [2.24, 2.45) is 0 Å². The second kappa shape index (κ2) is 7.81. The average Bonchev–Trinajstić information content (AvgIpc) is 2.60. The molecule has 134 valence electrons. The first-order chi connectivity index (χ1) is 11.9. The van der Waals surface area contributed by atoms with E-state index in [9.17, 15) is 18.0 Å². The zero-order valence-electron chi connectivity index (χ0n) is 13.5. The number of ether oxygens (including phenoxy) is 2. The average molecular weight is 386 g/mol. The Kier molecular flexibility index (Phi) is 5.99. The van der Waals surface area contributed by atoms with E-state index in [4.69, 9.17) is 21.1 Å². The molecule has 0 fully saturated rings. The predicted molar refractivity (Wildman–Crippen MR) is 92.9 cm³/mol. The molecule has 0 radical (unpaired) electrons. The second-order valence-electron chi connectivity index (χ2n) is 5.04. The number of methoxy groups -OCH3 is 2. The zero-order chi connectivity index (χ0) is 18.6. The van der Waals surface area contributed by atoms with Crippen molar-refractivity contribution in [2.45, 2.75) is 17.4 Å². The molecule has 2 rings (SSSR count). The summed E-state index contributed by atoms with van der Waals surface area (Å²) in [6.45, 7) is 0. The van der Waals surface area contributed by atoms with Crippen LogP contribution < -0.4 is 14.2 Å². The number of hydrogen-bond donors (Lipinski definition) is 1. The van der Waals surface area contributed by atoms with Crippen molar-refractivity contribution in [2.75, 3.05) is 14.2 Å². The maximum absolute atomic E-state index is 12.7. The monoisotopic (exact) mass is 385 g/mol. The van der Waals surface area contributed by atoms with E-state index in [1.807, 2.05) is 0 Å². The number of carbonyl (C=O) groups excluding carboxylic acids is 2. The van der Waals surface area contributed by atoms with E-state index >= 15 is 0 Å². The Morgan fingerprint density at radius 2 is 1.92 bits per heavy atom. The molecule has 0 spiro atoms. The Hall–Kier alpha value is -2.16. The quantitative estimate of drug-likeness (QED) is 0.697. The molecule has 0 unspecified atom stereocenters. The lowest BCUT2D eigenvalue weighted by Crippen LogP contribution is -2.36. The van der Waals surface area contributed by atoms with Crippen LogP contribution in [0.2, 0.25) is 5.02 Å². The molecule has 1 N–H and O–H groups in total. The molecule has 0 bridgehead atoms. The van der Waals surface area contributed by atoms with E-state index in [-0.39, 0.29) is 27.8 Å². The Morgan fingerprint density at radius 3 is 2.48 bits per heavy atom. The molecule has 2 aromatic rings. The van der Waals surface area contributed by atoms with E-state index in [0.717, 1.165) is 0 Å². The normalized spacial score (nSPS) is 12.6. The van der Waals surface area contributed by atoms with Gasteiger partial charge in [-0.3, -0.25) is 0 Å². The number of carbonyl (C=O) groups is 2. The summed E-state index contributed by atoms with van der Waals surface area (Å²) in [7, 11) is -1.25. The van der Waals surface area contributed by atoms with Crippen molar-refractivity contribution < 1.29 is 27.5 Å². The van der Waals surface area contributed by atoms with Gasteiger partial charge in [0, 0.05) is 17.2 Å². The van der Waals surface area contributed by atoms with Gasteiger partial charge in [-0.25, -0.2) is 13.1 Å². The minimum atomic E-state index is -4.08. The lowest BCUT2D eigenvalue weighted by Gasteiger charge is -2.16. The first kappa shape index (κ1) is 19.2. The summed E-state index contributed by atoms with van der Waals surface area (Å²) in [6.07, 6.45) is 0.578. The van der Waals surface area contributed by atoms with Gasteiger partial charge in [-0.2, -0.15) is 0 Å². The fourth-order valence-corrected chi connectivity index (χ4v) is 4.11. The standard InChI is InChI=1S/C16H16ClNO6S/c1-23-13-8-12-11(15(17)16(13)24-2)4-3-5-14(12)25(21,22)18-10(9-20)6-7-19/h3-5,7-10,18H,6H2,1-2H3/t10-/m0/s1. The predicted octanol–water partition coefficient (Wildman–Crippen LogP) is 1.95. The van der Waals surface area contributed by atoms with Gasteiger partial charge < -0.3 is 19.1 Å². The summed E-state index contributed by atoms with van der Waals surface area (Å²) in [4.78, 5) is 21.4. The van der Waals surface area contributed by atoms with Gasteiger partial charge in [0.2, 0.25) is 10.0 Å². The van der Waals surface area contributed by atoms with Gasteiger partial charge in [0.1, 0.15) is 12.6 Å².